The van der Waals surface area contributed by atoms with E-state index in [1.54, 1.807) is 17.6 Å². The first-order valence-electron chi connectivity index (χ1n) is 6.11. The van der Waals surface area contributed by atoms with Crippen molar-refractivity contribution in [3.05, 3.63) is 29.0 Å². The van der Waals surface area contributed by atoms with Gasteiger partial charge in [-0.25, -0.2) is 4.98 Å². The predicted molar refractivity (Wildman–Crippen MR) is 69.1 cm³/mol. The van der Waals surface area contributed by atoms with Crippen LogP contribution in [0.25, 0.3) is 10.8 Å². The highest BCUT2D eigenvalue weighted by atomic mass is 32.1. The lowest BCUT2D eigenvalue weighted by Crippen LogP contribution is -2.15. The van der Waals surface area contributed by atoms with Crippen LogP contribution in [-0.4, -0.2) is 11.0 Å². The maximum atomic E-state index is 5.56. The van der Waals surface area contributed by atoms with Gasteiger partial charge in [-0.15, -0.1) is 11.3 Å². The van der Waals surface area contributed by atoms with Gasteiger partial charge in [0.15, 0.2) is 0 Å². The van der Waals surface area contributed by atoms with Crippen LogP contribution in [0.5, 0.6) is 0 Å². The molecule has 0 spiro atoms. The minimum Gasteiger partial charge on any atom is -0.444 e. The quantitative estimate of drug-likeness (QED) is 0.883. The van der Waals surface area contributed by atoms with Crippen LogP contribution < -0.4 is 5.32 Å². The molecule has 0 saturated heterocycles. The third kappa shape index (κ3) is 2.42. The Labute approximate surface area is 105 Å². The van der Waals surface area contributed by atoms with Crippen LogP contribution in [0.15, 0.2) is 22.1 Å². The van der Waals surface area contributed by atoms with Gasteiger partial charge in [-0.1, -0.05) is 6.92 Å². The number of thiophene rings is 1. The zero-order chi connectivity index (χ0) is 11.7. The van der Waals surface area contributed by atoms with Gasteiger partial charge in [-0.05, 0) is 36.3 Å². The van der Waals surface area contributed by atoms with E-state index in [1.807, 2.05) is 0 Å². The molecule has 0 unspecified atom stereocenters. The van der Waals surface area contributed by atoms with E-state index in [9.17, 15) is 0 Å². The highest BCUT2D eigenvalue weighted by Crippen LogP contribution is 2.29. The van der Waals surface area contributed by atoms with Gasteiger partial charge in [-0.2, -0.15) is 0 Å². The average Bonchev–Trinajstić information content (AvgIpc) is 2.89. The summed E-state index contributed by atoms with van der Waals surface area (Å²) in [6.07, 6.45) is 5.39. The topological polar surface area (TPSA) is 38.1 Å². The summed E-state index contributed by atoms with van der Waals surface area (Å²) >= 11 is 1.70. The van der Waals surface area contributed by atoms with Crippen molar-refractivity contribution in [3.63, 3.8) is 0 Å². The molecular formula is C13H16N2OS. The molecule has 1 saturated carbocycles. The van der Waals surface area contributed by atoms with Crippen LogP contribution in [0.3, 0.4) is 0 Å². The van der Waals surface area contributed by atoms with Crippen molar-refractivity contribution >= 4 is 11.3 Å². The number of hydrogen-bond donors (Lipinski definition) is 1. The Morgan fingerprint density at radius 3 is 3.18 bits per heavy atom. The second kappa shape index (κ2) is 4.63. The smallest absolute Gasteiger partial charge is 0.236 e. The lowest BCUT2D eigenvalue weighted by atomic mass is 10.2. The van der Waals surface area contributed by atoms with Gasteiger partial charge in [0, 0.05) is 12.6 Å². The van der Waals surface area contributed by atoms with Crippen LogP contribution in [0, 0.1) is 0 Å². The minimum atomic E-state index is 0.711. The van der Waals surface area contributed by atoms with E-state index in [-0.39, 0.29) is 0 Å². The molecule has 1 aliphatic rings. The molecule has 2 aromatic rings. The van der Waals surface area contributed by atoms with Gasteiger partial charge in [-0.3, -0.25) is 0 Å². The monoisotopic (exact) mass is 248 g/mol. The molecule has 0 atom stereocenters. The fraction of sp³-hybridized carbons (Fsp3) is 0.462. The Balaban J connectivity index is 1.74. The molecule has 3 rings (SSSR count). The first kappa shape index (κ1) is 11.0. The molecule has 2 heterocycles. The molecule has 4 heteroatoms. The summed E-state index contributed by atoms with van der Waals surface area (Å²) in [6, 6.07) is 2.86. The average molecular weight is 248 g/mol. The summed E-state index contributed by atoms with van der Waals surface area (Å²) in [5, 5.41) is 5.54. The van der Waals surface area contributed by atoms with E-state index in [0.717, 1.165) is 24.6 Å². The molecule has 90 valence electrons. The summed E-state index contributed by atoms with van der Waals surface area (Å²) in [4.78, 5) is 5.71. The van der Waals surface area contributed by atoms with E-state index in [4.69, 9.17) is 4.42 Å². The summed E-state index contributed by atoms with van der Waals surface area (Å²) in [5.74, 6) is 0.768. The Morgan fingerprint density at radius 2 is 2.41 bits per heavy atom. The summed E-state index contributed by atoms with van der Waals surface area (Å²) in [5.41, 5.74) is 2.32. The number of aryl methyl sites for hydroxylation is 1. The fourth-order valence-electron chi connectivity index (χ4n) is 1.83. The molecular weight excluding hydrogens is 232 g/mol. The van der Waals surface area contributed by atoms with Gasteiger partial charge >= 0.3 is 0 Å². The Morgan fingerprint density at radius 1 is 1.53 bits per heavy atom. The van der Waals surface area contributed by atoms with Gasteiger partial charge in [0.05, 0.1) is 10.6 Å². The SMILES string of the molecule is CCc1ccsc1-c1nc(CNC2CC2)co1. The molecule has 0 radical (unpaired) electrons. The van der Waals surface area contributed by atoms with E-state index in [1.165, 1.54) is 23.3 Å². The lowest BCUT2D eigenvalue weighted by Gasteiger charge is -1.96. The third-order valence-corrected chi connectivity index (χ3v) is 3.97. The zero-order valence-electron chi connectivity index (χ0n) is 9.90. The van der Waals surface area contributed by atoms with E-state index < -0.39 is 0 Å². The van der Waals surface area contributed by atoms with E-state index >= 15 is 0 Å². The molecule has 1 N–H and O–H groups in total. The third-order valence-electron chi connectivity index (χ3n) is 3.02. The van der Waals surface area contributed by atoms with Crippen molar-refractivity contribution in [1.82, 2.24) is 10.3 Å². The van der Waals surface area contributed by atoms with Crippen LogP contribution in [0.2, 0.25) is 0 Å². The predicted octanol–water partition coefficient (Wildman–Crippen LogP) is 3.22. The second-order valence-corrected chi connectivity index (χ2v) is 5.34. The molecule has 0 aliphatic heterocycles. The van der Waals surface area contributed by atoms with Crippen LogP contribution in [-0.2, 0) is 13.0 Å². The largest absolute Gasteiger partial charge is 0.444 e. The number of aromatic nitrogens is 1. The molecule has 0 bridgehead atoms. The molecule has 17 heavy (non-hydrogen) atoms. The van der Waals surface area contributed by atoms with Crippen LogP contribution in [0.4, 0.5) is 0 Å². The molecule has 3 nitrogen and oxygen atoms in total. The molecule has 0 aromatic carbocycles. The van der Waals surface area contributed by atoms with Crippen molar-refractivity contribution in [2.24, 2.45) is 0 Å². The molecule has 1 aliphatic carbocycles. The van der Waals surface area contributed by atoms with Gasteiger partial charge in [0.1, 0.15) is 6.26 Å². The lowest BCUT2D eigenvalue weighted by molar-refractivity contribution is 0.570. The molecule has 2 aromatic heterocycles. The van der Waals surface area contributed by atoms with Crippen molar-refractivity contribution in [1.29, 1.82) is 0 Å². The maximum absolute atomic E-state index is 5.56. The molecule has 0 amide bonds. The van der Waals surface area contributed by atoms with E-state index in [2.05, 4.69) is 28.7 Å². The summed E-state index contributed by atoms with van der Waals surface area (Å²) in [6.45, 7) is 2.98. The second-order valence-electron chi connectivity index (χ2n) is 4.43. The standard InChI is InChI=1S/C13H16N2OS/c1-2-9-5-6-17-12(9)13-15-11(8-16-13)7-14-10-3-4-10/h5-6,8,10,14H,2-4,7H2,1H3. The van der Waals surface area contributed by atoms with Crippen molar-refractivity contribution in [2.45, 2.75) is 38.8 Å². The highest BCUT2D eigenvalue weighted by molar-refractivity contribution is 7.13. The first-order valence-corrected chi connectivity index (χ1v) is 6.99. The fourth-order valence-corrected chi connectivity index (χ4v) is 2.76. The van der Waals surface area contributed by atoms with E-state index in [0.29, 0.717) is 6.04 Å². The Hall–Kier alpha value is -1.13. The maximum Gasteiger partial charge on any atom is 0.236 e. The van der Waals surface area contributed by atoms with Crippen LogP contribution in [0.1, 0.15) is 31.0 Å². The Kier molecular flexibility index (Phi) is 2.99. The zero-order valence-corrected chi connectivity index (χ0v) is 10.7. The summed E-state index contributed by atoms with van der Waals surface area (Å²) < 4.78 is 5.56. The number of oxazole rings is 1. The van der Waals surface area contributed by atoms with Crippen molar-refractivity contribution in [2.75, 3.05) is 0 Å². The molecule has 1 fully saturated rings. The number of rotatable bonds is 5. The van der Waals surface area contributed by atoms with Crippen LogP contribution >= 0.6 is 11.3 Å². The highest BCUT2D eigenvalue weighted by Gasteiger charge is 2.21. The first-order chi connectivity index (χ1) is 8.36. The summed E-state index contributed by atoms with van der Waals surface area (Å²) in [7, 11) is 0. The van der Waals surface area contributed by atoms with Gasteiger partial charge in [0.2, 0.25) is 5.89 Å². The number of nitrogens with one attached hydrogen (secondary N) is 1. The van der Waals surface area contributed by atoms with Gasteiger partial charge in [0.25, 0.3) is 0 Å². The van der Waals surface area contributed by atoms with Crippen molar-refractivity contribution in [3.8, 4) is 10.8 Å². The Bertz CT molecular complexity index is 499. The number of hydrogen-bond acceptors (Lipinski definition) is 4. The van der Waals surface area contributed by atoms with Crippen molar-refractivity contribution < 1.29 is 4.42 Å². The van der Waals surface area contributed by atoms with Gasteiger partial charge < -0.3 is 9.73 Å². The number of nitrogens with zero attached hydrogens (tertiary/aromatic N) is 1. The minimum absolute atomic E-state index is 0.711. The normalized spacial score (nSPS) is 15.4.